The Morgan fingerprint density at radius 3 is 1.37 bits per heavy atom. The third kappa shape index (κ3) is 22.3. The Labute approximate surface area is 229 Å². The minimum absolute atomic E-state index is 0.00301. The van der Waals surface area contributed by atoms with Gasteiger partial charge in [-0.3, -0.25) is 14.4 Å². The number of rotatable bonds is 23. The fourth-order valence-corrected chi connectivity index (χ4v) is 3.78. The smallest absolute Gasteiger partial charge is 0.221 e. The lowest BCUT2D eigenvalue weighted by atomic mass is 10.2. The average molecular weight is 554 g/mol. The molecule has 9 nitrogen and oxygen atoms in total. The lowest BCUT2D eigenvalue weighted by Gasteiger charge is -2.26. The lowest BCUT2D eigenvalue weighted by molar-refractivity contribution is -0.122. The Hall–Kier alpha value is -0.660. The normalized spacial score (nSPS) is 11.3. The number of carbonyl (C=O) groups excluding carboxylic acids is 3. The molecular formula is C23H49N6O3S3+. The number of hydrogen-bond acceptors (Lipinski definition) is 8. The molecule has 0 aliphatic heterocycles. The van der Waals surface area contributed by atoms with Crippen LogP contribution in [0.4, 0.5) is 0 Å². The van der Waals surface area contributed by atoms with Crippen molar-refractivity contribution in [3.63, 3.8) is 0 Å². The maximum atomic E-state index is 12.1. The third-order valence-corrected chi connectivity index (χ3v) is 6.01. The van der Waals surface area contributed by atoms with Crippen molar-refractivity contribution in [2.45, 2.75) is 32.1 Å². The number of amides is 3. The van der Waals surface area contributed by atoms with Crippen LogP contribution < -0.4 is 16.0 Å². The summed E-state index contributed by atoms with van der Waals surface area (Å²) in [7, 11) is 4.13. The maximum Gasteiger partial charge on any atom is 0.221 e. The predicted molar refractivity (Wildman–Crippen MR) is 156 cm³/mol. The molecule has 0 fully saturated rings. The number of thiol groups is 2. The molecule has 35 heavy (non-hydrogen) atoms. The van der Waals surface area contributed by atoms with Crippen LogP contribution in [0.1, 0.15) is 32.1 Å². The van der Waals surface area contributed by atoms with Gasteiger partial charge in [0.05, 0.1) is 6.54 Å². The van der Waals surface area contributed by atoms with Crippen molar-refractivity contribution in [1.29, 1.82) is 0 Å². The summed E-state index contributed by atoms with van der Waals surface area (Å²) in [4.78, 5) is 42.9. The predicted octanol–water partition coefficient (Wildman–Crippen LogP) is -0.678. The van der Waals surface area contributed by atoms with Crippen LogP contribution in [0.2, 0.25) is 0 Å². The van der Waals surface area contributed by atoms with Crippen LogP contribution in [-0.2, 0) is 27.0 Å². The molecule has 206 valence electrons. The minimum atomic E-state index is 0.00301. The van der Waals surface area contributed by atoms with E-state index in [2.05, 4.69) is 82.6 Å². The van der Waals surface area contributed by atoms with Crippen LogP contribution >= 0.6 is 25.3 Å². The second-order valence-corrected chi connectivity index (χ2v) is 10.1. The summed E-state index contributed by atoms with van der Waals surface area (Å²) in [6, 6.07) is 0. The van der Waals surface area contributed by atoms with Gasteiger partial charge in [0.1, 0.15) is 5.75 Å². The molecule has 0 heterocycles. The van der Waals surface area contributed by atoms with Crippen molar-refractivity contribution in [2.24, 2.45) is 0 Å². The summed E-state index contributed by atoms with van der Waals surface area (Å²) in [6.45, 7) is 7.27. The highest BCUT2D eigenvalue weighted by Gasteiger charge is 2.13. The molecule has 0 saturated carbocycles. The summed E-state index contributed by atoms with van der Waals surface area (Å²) >= 11 is 11.6. The highest BCUT2D eigenvalue weighted by Crippen LogP contribution is 2.02. The Kier molecular flexibility index (Phi) is 23.3. The van der Waals surface area contributed by atoms with Gasteiger partial charge in [-0.25, -0.2) is 0 Å². The molecule has 0 aliphatic rings. The van der Waals surface area contributed by atoms with E-state index in [4.69, 9.17) is 0 Å². The monoisotopic (exact) mass is 553 g/mol. The molecule has 0 aromatic carbocycles. The fourth-order valence-electron chi connectivity index (χ4n) is 3.44. The van der Waals surface area contributed by atoms with Gasteiger partial charge in [0.25, 0.3) is 0 Å². The van der Waals surface area contributed by atoms with E-state index in [0.717, 1.165) is 51.3 Å². The molecule has 0 unspecified atom stereocenters. The Bertz CT molecular complexity index is 549. The number of hydrogen-bond donors (Lipinski definition) is 5. The zero-order valence-electron chi connectivity index (χ0n) is 21.7. The Morgan fingerprint density at radius 1 is 0.629 bits per heavy atom. The van der Waals surface area contributed by atoms with Gasteiger partial charge in [-0.05, 0) is 65.7 Å². The first-order valence-corrected chi connectivity index (χ1v) is 14.5. The number of carbonyl (C=O) groups is 3. The Morgan fingerprint density at radius 2 is 1.00 bits per heavy atom. The number of nitrogens with one attached hydrogen (secondary N) is 3. The molecule has 3 amide bonds. The van der Waals surface area contributed by atoms with E-state index in [1.54, 1.807) is 0 Å². The summed E-state index contributed by atoms with van der Waals surface area (Å²) < 4.78 is 0. The molecule has 0 radical (unpaired) electrons. The van der Waals surface area contributed by atoms with Crippen LogP contribution in [0.25, 0.3) is 0 Å². The summed E-state index contributed by atoms with van der Waals surface area (Å²) in [5.74, 6) is 2.04. The third-order valence-electron chi connectivity index (χ3n) is 5.31. The average Bonchev–Trinajstić information content (AvgIpc) is 2.83. The Balaban J connectivity index is 4.76. The lowest BCUT2D eigenvalue weighted by Crippen LogP contribution is -2.37. The molecule has 0 rings (SSSR count). The molecule has 0 atom stereocenters. The molecule has 0 saturated heterocycles. The van der Waals surface area contributed by atoms with Gasteiger partial charge in [0.15, 0.2) is 0 Å². The maximum absolute atomic E-state index is 12.1. The first-order valence-electron chi connectivity index (χ1n) is 12.6. The van der Waals surface area contributed by atoms with E-state index in [9.17, 15) is 14.4 Å². The van der Waals surface area contributed by atoms with Crippen molar-refractivity contribution in [3.05, 3.63) is 0 Å². The second kappa shape index (κ2) is 23.7. The topological polar surface area (TPSA) is 97.0 Å². The second-order valence-electron chi connectivity index (χ2n) is 8.69. The van der Waals surface area contributed by atoms with Gasteiger partial charge >= 0.3 is 0 Å². The van der Waals surface area contributed by atoms with Crippen molar-refractivity contribution >= 4 is 55.6 Å². The summed E-state index contributed by atoms with van der Waals surface area (Å²) in [6.07, 6.45) is 3.21. The van der Waals surface area contributed by atoms with Gasteiger partial charge in [0.2, 0.25) is 17.7 Å². The largest absolute Gasteiger partial charge is 0.355 e. The van der Waals surface area contributed by atoms with E-state index in [-0.39, 0.29) is 17.7 Å². The molecule has 3 N–H and O–H groups in total. The van der Waals surface area contributed by atoms with Crippen LogP contribution in [0, 0.1) is 0 Å². The van der Waals surface area contributed by atoms with E-state index in [0.29, 0.717) is 63.5 Å². The molecule has 0 bridgehead atoms. The van der Waals surface area contributed by atoms with Gasteiger partial charge in [-0.2, -0.15) is 25.3 Å². The minimum Gasteiger partial charge on any atom is -0.355 e. The van der Waals surface area contributed by atoms with Gasteiger partial charge in [-0.15, -0.1) is 0 Å². The quantitative estimate of drug-likeness (QED) is 0.0850. The van der Waals surface area contributed by atoms with Crippen LogP contribution in [0.3, 0.4) is 0 Å². The standard InChI is InChI=1S/C23H48N6O3S3/c1-27(2)11-3-12-28(15-5-21(30)24-8-18-33)13-4-14-29(16-6-22(31)25-9-19-34)17-7-23(32)26-10-20-35/h33-35H,3-20H2,1-2H3,(H,24,30)(H,25,31)(H,26,32)/p+1. The van der Waals surface area contributed by atoms with E-state index >= 15 is 0 Å². The molecular weight excluding hydrogens is 504 g/mol. The molecule has 0 aromatic heterocycles. The van der Waals surface area contributed by atoms with Crippen molar-refractivity contribution in [3.8, 4) is 0 Å². The first-order chi connectivity index (χ1) is 16.8. The molecule has 0 spiro atoms. The highest BCUT2D eigenvalue weighted by molar-refractivity contribution is 7.80. The zero-order chi connectivity index (χ0) is 26.3. The van der Waals surface area contributed by atoms with Crippen molar-refractivity contribution in [1.82, 2.24) is 30.7 Å². The zero-order valence-corrected chi connectivity index (χ0v) is 24.5. The van der Waals surface area contributed by atoms with Gasteiger partial charge < -0.3 is 30.7 Å². The SMILES string of the molecule is CN(C)CCCN(CCCN(CCC(=O)NCCS)CCC(=O)NCCS)CCC(=O)NCC[SH2+]. The van der Waals surface area contributed by atoms with Gasteiger partial charge in [0, 0.05) is 63.5 Å². The summed E-state index contributed by atoms with van der Waals surface area (Å²) in [5.41, 5.74) is 0. The summed E-state index contributed by atoms with van der Waals surface area (Å²) in [5, 5.41) is 8.60. The molecule has 0 aliphatic carbocycles. The first kappa shape index (κ1) is 34.3. The molecule has 0 aromatic rings. The van der Waals surface area contributed by atoms with Crippen LogP contribution in [-0.4, -0.2) is 129 Å². The number of nitrogens with zero attached hydrogens (tertiary/aromatic N) is 3. The highest BCUT2D eigenvalue weighted by atomic mass is 32.1. The fraction of sp³-hybridized carbons (Fsp3) is 0.870. The van der Waals surface area contributed by atoms with Crippen LogP contribution in [0.5, 0.6) is 0 Å². The van der Waals surface area contributed by atoms with E-state index in [1.807, 2.05) is 0 Å². The van der Waals surface area contributed by atoms with Crippen molar-refractivity contribution in [2.75, 3.05) is 96.8 Å². The van der Waals surface area contributed by atoms with E-state index in [1.165, 1.54) is 0 Å². The van der Waals surface area contributed by atoms with Gasteiger partial charge in [-0.1, -0.05) is 0 Å². The molecule has 12 heteroatoms. The van der Waals surface area contributed by atoms with Crippen molar-refractivity contribution < 1.29 is 14.4 Å². The van der Waals surface area contributed by atoms with Crippen LogP contribution in [0.15, 0.2) is 0 Å². The van der Waals surface area contributed by atoms with E-state index < -0.39 is 0 Å².